The molecule has 1 atom stereocenters. The number of aromatic nitrogens is 2. The lowest BCUT2D eigenvalue weighted by atomic mass is 10.1. The number of nitrogens with zero attached hydrogens (tertiary/aromatic N) is 3. The standard InChI is InChI=1S/C10H16N4/c1-8(2)9-13-4-5-14(9)7-10(3,12)6-11/h4-5,8H,7,12H2,1-3H3. The Hall–Kier alpha value is -1.34. The highest BCUT2D eigenvalue weighted by Gasteiger charge is 2.20. The summed E-state index contributed by atoms with van der Waals surface area (Å²) in [5.74, 6) is 1.32. The van der Waals surface area contributed by atoms with Gasteiger partial charge in [0.25, 0.3) is 0 Å². The molecule has 0 aliphatic heterocycles. The van der Waals surface area contributed by atoms with Crippen molar-refractivity contribution in [3.63, 3.8) is 0 Å². The van der Waals surface area contributed by atoms with Crippen molar-refractivity contribution >= 4 is 0 Å². The molecule has 1 rings (SSSR count). The van der Waals surface area contributed by atoms with Gasteiger partial charge in [-0.2, -0.15) is 5.26 Å². The fourth-order valence-electron chi connectivity index (χ4n) is 1.34. The van der Waals surface area contributed by atoms with Crippen LogP contribution in [0.2, 0.25) is 0 Å². The van der Waals surface area contributed by atoms with Crippen molar-refractivity contribution in [2.24, 2.45) is 5.73 Å². The van der Waals surface area contributed by atoms with E-state index in [1.54, 1.807) is 13.1 Å². The van der Waals surface area contributed by atoms with Crippen LogP contribution in [-0.4, -0.2) is 15.1 Å². The molecule has 0 radical (unpaired) electrons. The number of rotatable bonds is 3. The van der Waals surface area contributed by atoms with Crippen LogP contribution >= 0.6 is 0 Å². The van der Waals surface area contributed by atoms with Gasteiger partial charge in [-0.05, 0) is 6.92 Å². The third kappa shape index (κ3) is 2.33. The molecule has 0 saturated heterocycles. The summed E-state index contributed by atoms with van der Waals surface area (Å²) >= 11 is 0. The zero-order valence-electron chi connectivity index (χ0n) is 8.86. The molecule has 0 aliphatic carbocycles. The molecule has 0 aromatic carbocycles. The first-order chi connectivity index (χ1) is 6.46. The predicted molar refractivity (Wildman–Crippen MR) is 54.5 cm³/mol. The predicted octanol–water partition coefficient (Wildman–Crippen LogP) is 1.25. The molecule has 0 fully saturated rings. The van der Waals surface area contributed by atoms with E-state index in [-0.39, 0.29) is 0 Å². The molecule has 4 nitrogen and oxygen atoms in total. The van der Waals surface area contributed by atoms with E-state index < -0.39 is 5.54 Å². The van der Waals surface area contributed by atoms with Crippen LogP contribution in [-0.2, 0) is 6.54 Å². The molecule has 0 aliphatic rings. The fraction of sp³-hybridized carbons (Fsp3) is 0.600. The maximum absolute atomic E-state index is 8.81. The Morgan fingerprint density at radius 2 is 2.36 bits per heavy atom. The maximum Gasteiger partial charge on any atom is 0.119 e. The van der Waals surface area contributed by atoms with Crippen LogP contribution in [0.15, 0.2) is 12.4 Å². The van der Waals surface area contributed by atoms with Gasteiger partial charge < -0.3 is 10.3 Å². The average molecular weight is 192 g/mol. The molecule has 1 unspecified atom stereocenters. The molecule has 1 aromatic rings. The van der Waals surface area contributed by atoms with E-state index in [0.717, 1.165) is 5.82 Å². The molecule has 2 N–H and O–H groups in total. The van der Waals surface area contributed by atoms with Gasteiger partial charge in [0.05, 0.1) is 12.6 Å². The van der Waals surface area contributed by atoms with Gasteiger partial charge >= 0.3 is 0 Å². The molecule has 76 valence electrons. The van der Waals surface area contributed by atoms with Crippen LogP contribution in [0.3, 0.4) is 0 Å². The van der Waals surface area contributed by atoms with Crippen LogP contribution in [0.5, 0.6) is 0 Å². The van der Waals surface area contributed by atoms with E-state index in [0.29, 0.717) is 12.5 Å². The van der Waals surface area contributed by atoms with Crippen molar-refractivity contribution in [3.8, 4) is 6.07 Å². The lowest BCUT2D eigenvalue weighted by molar-refractivity contribution is 0.473. The van der Waals surface area contributed by atoms with Gasteiger partial charge in [0.1, 0.15) is 11.4 Å². The number of nitriles is 1. The van der Waals surface area contributed by atoms with E-state index in [2.05, 4.69) is 24.9 Å². The van der Waals surface area contributed by atoms with Crippen LogP contribution in [0.4, 0.5) is 0 Å². The number of hydrogen-bond acceptors (Lipinski definition) is 3. The second-order valence-corrected chi connectivity index (χ2v) is 4.10. The van der Waals surface area contributed by atoms with Crippen LogP contribution < -0.4 is 5.73 Å². The topological polar surface area (TPSA) is 67.6 Å². The van der Waals surface area contributed by atoms with E-state index in [9.17, 15) is 0 Å². The normalized spacial score (nSPS) is 15.1. The Morgan fingerprint density at radius 3 is 2.86 bits per heavy atom. The SMILES string of the molecule is CC(C)c1nccn1CC(C)(N)C#N. The Kier molecular flexibility index (Phi) is 2.92. The van der Waals surface area contributed by atoms with E-state index in [1.807, 2.05) is 10.8 Å². The first kappa shape index (κ1) is 10.7. The molecule has 0 amide bonds. The Bertz CT molecular complexity index is 343. The van der Waals surface area contributed by atoms with Gasteiger partial charge in [-0.25, -0.2) is 4.98 Å². The Morgan fingerprint density at radius 1 is 1.71 bits per heavy atom. The fourth-order valence-corrected chi connectivity index (χ4v) is 1.34. The summed E-state index contributed by atoms with van der Waals surface area (Å²) in [7, 11) is 0. The van der Waals surface area contributed by atoms with Crippen molar-refractivity contribution in [1.82, 2.24) is 9.55 Å². The highest BCUT2D eigenvalue weighted by atomic mass is 15.1. The monoisotopic (exact) mass is 192 g/mol. The number of hydrogen-bond donors (Lipinski definition) is 1. The largest absolute Gasteiger partial charge is 0.332 e. The molecule has 0 saturated carbocycles. The third-order valence-electron chi connectivity index (χ3n) is 2.02. The first-order valence-electron chi connectivity index (χ1n) is 4.67. The highest BCUT2D eigenvalue weighted by Crippen LogP contribution is 2.13. The van der Waals surface area contributed by atoms with Gasteiger partial charge in [0, 0.05) is 18.3 Å². The molecule has 14 heavy (non-hydrogen) atoms. The van der Waals surface area contributed by atoms with Gasteiger partial charge in [-0.3, -0.25) is 0 Å². The van der Waals surface area contributed by atoms with Gasteiger partial charge in [0.15, 0.2) is 0 Å². The van der Waals surface area contributed by atoms with Crippen molar-refractivity contribution < 1.29 is 0 Å². The maximum atomic E-state index is 8.81. The summed E-state index contributed by atoms with van der Waals surface area (Å²) in [6.45, 7) is 6.34. The van der Waals surface area contributed by atoms with Crippen molar-refractivity contribution in [1.29, 1.82) is 5.26 Å². The second kappa shape index (κ2) is 3.81. The number of nitrogens with two attached hydrogens (primary N) is 1. The molecule has 0 spiro atoms. The first-order valence-corrected chi connectivity index (χ1v) is 4.67. The highest BCUT2D eigenvalue weighted by molar-refractivity contribution is 5.05. The summed E-state index contributed by atoms with van der Waals surface area (Å²) in [6, 6.07) is 2.07. The molecule has 4 heteroatoms. The Balaban J connectivity index is 2.88. The lowest BCUT2D eigenvalue weighted by Gasteiger charge is -2.18. The van der Waals surface area contributed by atoms with Gasteiger partial charge in [0.2, 0.25) is 0 Å². The van der Waals surface area contributed by atoms with Gasteiger partial charge in [-0.1, -0.05) is 13.8 Å². The summed E-state index contributed by atoms with van der Waals surface area (Å²) in [4.78, 5) is 4.23. The molecule has 0 bridgehead atoms. The summed E-state index contributed by atoms with van der Waals surface area (Å²) < 4.78 is 1.94. The van der Waals surface area contributed by atoms with Crippen LogP contribution in [0.1, 0.15) is 32.5 Å². The lowest BCUT2D eigenvalue weighted by Crippen LogP contribution is -2.39. The van der Waals surface area contributed by atoms with E-state index >= 15 is 0 Å². The van der Waals surface area contributed by atoms with Crippen molar-refractivity contribution in [3.05, 3.63) is 18.2 Å². The molecular weight excluding hydrogens is 176 g/mol. The summed E-state index contributed by atoms with van der Waals surface area (Å²) in [6.07, 6.45) is 3.60. The van der Waals surface area contributed by atoms with Crippen molar-refractivity contribution in [2.75, 3.05) is 0 Å². The minimum absolute atomic E-state index is 0.347. The molecule has 1 aromatic heterocycles. The minimum atomic E-state index is -0.829. The van der Waals surface area contributed by atoms with Crippen LogP contribution in [0, 0.1) is 11.3 Å². The Labute approximate surface area is 84.4 Å². The molecule has 1 heterocycles. The van der Waals surface area contributed by atoms with E-state index in [4.69, 9.17) is 11.0 Å². The average Bonchev–Trinajstić information content (AvgIpc) is 2.51. The quantitative estimate of drug-likeness (QED) is 0.783. The summed E-state index contributed by atoms with van der Waals surface area (Å²) in [5, 5.41) is 8.81. The third-order valence-corrected chi connectivity index (χ3v) is 2.02. The smallest absolute Gasteiger partial charge is 0.119 e. The zero-order valence-corrected chi connectivity index (χ0v) is 8.86. The molecular formula is C10H16N4. The van der Waals surface area contributed by atoms with E-state index in [1.165, 1.54) is 0 Å². The second-order valence-electron chi connectivity index (χ2n) is 4.10. The van der Waals surface area contributed by atoms with Gasteiger partial charge in [-0.15, -0.1) is 0 Å². The summed E-state index contributed by atoms with van der Waals surface area (Å²) in [5.41, 5.74) is 4.94. The van der Waals surface area contributed by atoms with Crippen molar-refractivity contribution in [2.45, 2.75) is 38.8 Å². The number of imidazole rings is 1. The van der Waals surface area contributed by atoms with Crippen LogP contribution in [0.25, 0.3) is 0 Å². The minimum Gasteiger partial charge on any atom is -0.332 e. The zero-order chi connectivity index (χ0) is 10.8.